The van der Waals surface area contributed by atoms with E-state index in [1.54, 1.807) is 30.3 Å². The van der Waals surface area contributed by atoms with Crippen LogP contribution >= 0.6 is 11.6 Å². The summed E-state index contributed by atoms with van der Waals surface area (Å²) in [7, 11) is -3.88. The summed E-state index contributed by atoms with van der Waals surface area (Å²) in [5.41, 5.74) is -0.148. The molecule has 3 fully saturated rings. The van der Waals surface area contributed by atoms with Crippen molar-refractivity contribution in [1.82, 2.24) is 19.8 Å². The van der Waals surface area contributed by atoms with Gasteiger partial charge in [-0.25, -0.2) is 17.6 Å². The zero-order valence-corrected chi connectivity index (χ0v) is 29.1. The van der Waals surface area contributed by atoms with Crippen molar-refractivity contribution >= 4 is 51.1 Å². The molecule has 2 saturated carbocycles. The highest BCUT2D eigenvalue weighted by molar-refractivity contribution is 7.91. The maximum absolute atomic E-state index is 14.9. The zero-order valence-electron chi connectivity index (χ0n) is 27.5. The molecule has 264 valence electrons. The Bertz CT molecular complexity index is 1790. The number of fused-ring (bicyclic) bond motifs is 1. The molecule has 4 aliphatic rings. The van der Waals surface area contributed by atoms with Crippen LogP contribution in [0.1, 0.15) is 70.0 Å². The predicted octanol–water partition coefficient (Wildman–Crippen LogP) is 4.26. The van der Waals surface area contributed by atoms with Gasteiger partial charge in [-0.2, -0.15) is 0 Å². The normalized spacial score (nSPS) is 26.7. The van der Waals surface area contributed by atoms with Crippen LogP contribution in [-0.4, -0.2) is 76.6 Å². The Morgan fingerprint density at radius 1 is 1.10 bits per heavy atom. The minimum atomic E-state index is -3.88. The third kappa shape index (κ3) is 6.69. The summed E-state index contributed by atoms with van der Waals surface area (Å²) in [6.07, 6.45) is 0.426. The van der Waals surface area contributed by atoms with Gasteiger partial charge in [-0.3, -0.25) is 24.0 Å². The van der Waals surface area contributed by atoms with E-state index in [0.717, 1.165) is 4.90 Å². The fraction of sp³-hybridized carbons (Fsp3) is 0.529. The number of rotatable bonds is 11. The largest absolute Gasteiger partial charge is 0.465 e. The number of benzene rings is 2. The van der Waals surface area contributed by atoms with E-state index >= 15 is 0 Å². The van der Waals surface area contributed by atoms with E-state index in [9.17, 15) is 37.1 Å². The SMILES string of the molecule is CC[C@@H]1C[C@]1(NC(=O)[C@@H]1C[C@@H](C2c3cccc(F)c3CN2C(=O)O)CN1C(=O)[C@@H](Nc1cccc(Cl)c1)C(C)C)C(=O)NS(=O)(=O)C1CC1. The van der Waals surface area contributed by atoms with Crippen LogP contribution in [0.15, 0.2) is 42.5 Å². The van der Waals surface area contributed by atoms with Crippen molar-refractivity contribution < 1.29 is 37.1 Å². The molecule has 0 bridgehead atoms. The molecule has 2 aromatic rings. The Balaban J connectivity index is 1.33. The van der Waals surface area contributed by atoms with Crippen LogP contribution < -0.4 is 15.4 Å². The third-order valence-corrected chi connectivity index (χ3v) is 12.4. The summed E-state index contributed by atoms with van der Waals surface area (Å²) in [6.45, 7) is 5.34. The van der Waals surface area contributed by atoms with E-state index in [1.165, 1.54) is 17.0 Å². The van der Waals surface area contributed by atoms with E-state index < -0.39 is 74.5 Å². The van der Waals surface area contributed by atoms with E-state index in [1.807, 2.05) is 20.8 Å². The second-order valence-electron chi connectivity index (χ2n) is 14.0. The standard InChI is InChI=1S/C34H41ClFN5O7S/c1-4-20-15-34(20,32(44)39-49(47,48)23-11-12-23)38-30(42)27-13-19(29-24-9-6-10-26(36)25(24)17-41(29)33(45)46)16-40(27)31(43)28(18(2)3)37-22-8-5-7-21(35)14-22/h5-10,14,18-20,23,27-29,37H,4,11-13,15-17H2,1-3H3,(H,38,42)(H,39,44)(H,45,46)/t19-,20-,27+,28+,29?,34-/m1/s1. The van der Waals surface area contributed by atoms with Crippen molar-refractivity contribution in [3.63, 3.8) is 0 Å². The highest BCUT2D eigenvalue weighted by Crippen LogP contribution is 2.48. The molecule has 0 spiro atoms. The van der Waals surface area contributed by atoms with Gasteiger partial charge in [0, 0.05) is 28.7 Å². The molecule has 4 N–H and O–H groups in total. The van der Waals surface area contributed by atoms with Crippen molar-refractivity contribution in [2.75, 3.05) is 11.9 Å². The minimum absolute atomic E-state index is 0.0196. The lowest BCUT2D eigenvalue weighted by molar-refractivity contribution is -0.140. The maximum Gasteiger partial charge on any atom is 0.408 e. The number of carbonyl (C=O) groups is 4. The van der Waals surface area contributed by atoms with Gasteiger partial charge in [-0.05, 0) is 67.3 Å². The fourth-order valence-electron chi connectivity index (χ4n) is 7.49. The molecule has 49 heavy (non-hydrogen) atoms. The molecular formula is C34H41ClFN5O7S. The summed E-state index contributed by atoms with van der Waals surface area (Å²) < 4.78 is 42.4. The van der Waals surface area contributed by atoms with E-state index in [2.05, 4.69) is 15.4 Å². The Hall–Kier alpha value is -3.91. The molecule has 15 heteroatoms. The molecule has 1 unspecified atom stereocenters. The number of amides is 4. The van der Waals surface area contributed by atoms with Crippen LogP contribution in [0.25, 0.3) is 0 Å². The van der Waals surface area contributed by atoms with Crippen LogP contribution in [0, 0.1) is 23.6 Å². The van der Waals surface area contributed by atoms with Crippen molar-refractivity contribution in [1.29, 1.82) is 0 Å². The first-order chi connectivity index (χ1) is 23.2. The maximum atomic E-state index is 14.9. The van der Waals surface area contributed by atoms with Crippen LogP contribution in [0.5, 0.6) is 0 Å². The van der Waals surface area contributed by atoms with Crippen LogP contribution in [0.4, 0.5) is 14.9 Å². The Labute approximate surface area is 289 Å². The molecule has 4 amide bonds. The van der Waals surface area contributed by atoms with Gasteiger partial charge in [0.25, 0.3) is 5.91 Å². The lowest BCUT2D eigenvalue weighted by atomic mass is 9.90. The molecule has 12 nitrogen and oxygen atoms in total. The summed E-state index contributed by atoms with van der Waals surface area (Å²) in [4.78, 5) is 57.3. The van der Waals surface area contributed by atoms with Gasteiger partial charge in [0.2, 0.25) is 21.8 Å². The lowest BCUT2D eigenvalue weighted by Gasteiger charge is -2.32. The molecular weight excluding hydrogens is 677 g/mol. The summed E-state index contributed by atoms with van der Waals surface area (Å²) in [5, 5.41) is 16.0. The average Bonchev–Trinajstić information content (AvgIpc) is 3.93. The number of nitrogens with zero attached hydrogens (tertiary/aromatic N) is 2. The Morgan fingerprint density at radius 3 is 2.43 bits per heavy atom. The molecule has 6 rings (SSSR count). The third-order valence-electron chi connectivity index (χ3n) is 10.4. The molecule has 2 aliphatic carbocycles. The Morgan fingerprint density at radius 2 is 1.82 bits per heavy atom. The number of likely N-dealkylation sites (tertiary alicyclic amines) is 1. The van der Waals surface area contributed by atoms with Gasteiger partial charge < -0.3 is 20.6 Å². The summed E-state index contributed by atoms with van der Waals surface area (Å²) in [6, 6.07) is 8.53. The van der Waals surface area contributed by atoms with Gasteiger partial charge in [0.15, 0.2) is 0 Å². The van der Waals surface area contributed by atoms with Gasteiger partial charge in [-0.15, -0.1) is 0 Å². The second-order valence-corrected chi connectivity index (χ2v) is 16.4. The molecule has 2 aliphatic heterocycles. The number of hydrogen-bond donors (Lipinski definition) is 4. The first-order valence-corrected chi connectivity index (χ1v) is 18.6. The van der Waals surface area contributed by atoms with E-state index in [0.29, 0.717) is 35.5 Å². The summed E-state index contributed by atoms with van der Waals surface area (Å²) in [5.74, 6) is -3.57. The topological polar surface area (TPSA) is 165 Å². The average molecular weight is 718 g/mol. The molecule has 1 saturated heterocycles. The van der Waals surface area contributed by atoms with Crippen molar-refractivity contribution in [3.8, 4) is 0 Å². The smallest absolute Gasteiger partial charge is 0.408 e. The van der Waals surface area contributed by atoms with Gasteiger partial charge in [0.05, 0.1) is 17.8 Å². The molecule has 2 heterocycles. The first-order valence-electron chi connectivity index (χ1n) is 16.6. The zero-order chi connectivity index (χ0) is 35.4. The van der Waals surface area contributed by atoms with Crippen molar-refractivity contribution in [3.05, 3.63) is 64.4 Å². The van der Waals surface area contributed by atoms with Crippen molar-refractivity contribution in [2.45, 2.75) is 88.3 Å². The number of hydrogen-bond acceptors (Lipinski definition) is 7. The van der Waals surface area contributed by atoms with Crippen LogP contribution in [0.3, 0.4) is 0 Å². The lowest BCUT2D eigenvalue weighted by Crippen LogP contribution is -2.58. The van der Waals surface area contributed by atoms with Gasteiger partial charge in [-0.1, -0.05) is 57.0 Å². The number of anilines is 1. The fourth-order valence-corrected chi connectivity index (χ4v) is 9.04. The highest BCUT2D eigenvalue weighted by atomic mass is 35.5. The number of nitrogens with one attached hydrogen (secondary N) is 3. The number of sulfonamides is 1. The molecule has 0 aromatic heterocycles. The predicted molar refractivity (Wildman–Crippen MR) is 179 cm³/mol. The molecule has 6 atom stereocenters. The van der Waals surface area contributed by atoms with Crippen LogP contribution in [-0.2, 0) is 31.0 Å². The highest BCUT2D eigenvalue weighted by Gasteiger charge is 2.62. The quantitative estimate of drug-likeness (QED) is 0.268. The van der Waals surface area contributed by atoms with E-state index in [-0.39, 0.29) is 43.3 Å². The Kier molecular flexibility index (Phi) is 9.33. The van der Waals surface area contributed by atoms with Crippen LogP contribution in [0.2, 0.25) is 5.02 Å². The number of halogens is 2. The van der Waals surface area contributed by atoms with Crippen molar-refractivity contribution in [2.24, 2.45) is 17.8 Å². The number of carbonyl (C=O) groups excluding carboxylic acids is 3. The summed E-state index contributed by atoms with van der Waals surface area (Å²) >= 11 is 6.20. The number of carboxylic acid groups (broad SMARTS) is 1. The molecule has 0 radical (unpaired) electrons. The second kappa shape index (κ2) is 13.1. The van der Waals surface area contributed by atoms with E-state index in [4.69, 9.17) is 11.6 Å². The molecule has 2 aromatic carbocycles. The van der Waals surface area contributed by atoms with Gasteiger partial charge >= 0.3 is 6.09 Å². The monoisotopic (exact) mass is 717 g/mol. The minimum Gasteiger partial charge on any atom is -0.465 e. The first kappa shape index (κ1) is 34.9. The van der Waals surface area contributed by atoms with Gasteiger partial charge in [0.1, 0.15) is 23.4 Å².